The van der Waals surface area contributed by atoms with E-state index >= 15 is 0 Å². The van der Waals surface area contributed by atoms with Crippen LogP contribution < -0.4 is 5.73 Å². The summed E-state index contributed by atoms with van der Waals surface area (Å²) in [5, 5.41) is 4.14. The Hall–Kier alpha value is -1.03. The average Bonchev–Trinajstić information content (AvgIpc) is 2.76. The molecule has 0 aliphatic rings. The van der Waals surface area contributed by atoms with Crippen molar-refractivity contribution in [3.63, 3.8) is 0 Å². The number of nitrogens with zero attached hydrogens (tertiary/aromatic N) is 2. The first-order valence-corrected chi connectivity index (χ1v) is 7.13. The van der Waals surface area contributed by atoms with Gasteiger partial charge in [-0.15, -0.1) is 0 Å². The second-order valence-corrected chi connectivity index (χ2v) is 4.89. The third-order valence-electron chi connectivity index (χ3n) is 3.06. The summed E-state index contributed by atoms with van der Waals surface area (Å²) in [6, 6.07) is 1.82. The lowest BCUT2D eigenvalue weighted by molar-refractivity contribution is 0.0546. The van der Waals surface area contributed by atoms with Crippen LogP contribution in [0.3, 0.4) is 0 Å². The van der Waals surface area contributed by atoms with Crippen LogP contribution in [0.4, 0.5) is 5.82 Å². The molecule has 1 aromatic rings. The molecule has 0 amide bonds. The molecular weight excluding hydrogens is 226 g/mol. The maximum atomic E-state index is 5.78. The summed E-state index contributed by atoms with van der Waals surface area (Å²) < 4.78 is 7.64. The van der Waals surface area contributed by atoms with Crippen LogP contribution in [0.25, 0.3) is 0 Å². The van der Waals surface area contributed by atoms with Crippen LogP contribution in [-0.2, 0) is 11.3 Å². The van der Waals surface area contributed by atoms with Gasteiger partial charge in [0.2, 0.25) is 0 Å². The van der Waals surface area contributed by atoms with Crippen LogP contribution in [0, 0.1) is 0 Å². The number of unbranched alkanes of at least 4 members (excludes halogenated alkanes) is 3. The standard InChI is InChI=1S/C14H27N3O/c1-3-4-5-6-8-13(2)18-12-7-10-17-11-9-14(15)16-17/h9,11,13H,3-8,10,12H2,1-2H3,(H2,15,16). The molecule has 1 aromatic heterocycles. The van der Waals surface area contributed by atoms with Gasteiger partial charge in [-0.2, -0.15) is 5.10 Å². The Kier molecular flexibility index (Phi) is 7.49. The van der Waals surface area contributed by atoms with E-state index in [0.717, 1.165) is 19.6 Å². The molecule has 2 N–H and O–H groups in total. The summed E-state index contributed by atoms with van der Waals surface area (Å²) in [6.07, 6.45) is 9.69. The maximum absolute atomic E-state index is 5.78. The number of ether oxygens (including phenoxy) is 1. The number of aromatic nitrogens is 2. The molecule has 0 fully saturated rings. The van der Waals surface area contributed by atoms with Gasteiger partial charge in [-0.05, 0) is 25.8 Å². The normalized spacial score (nSPS) is 12.8. The lowest BCUT2D eigenvalue weighted by Crippen LogP contribution is -2.11. The highest BCUT2D eigenvalue weighted by molar-refractivity contribution is 5.23. The zero-order chi connectivity index (χ0) is 13.2. The van der Waals surface area contributed by atoms with E-state index in [-0.39, 0.29) is 0 Å². The van der Waals surface area contributed by atoms with Crippen molar-refractivity contribution in [1.29, 1.82) is 0 Å². The van der Waals surface area contributed by atoms with E-state index in [2.05, 4.69) is 18.9 Å². The van der Waals surface area contributed by atoms with Crippen LogP contribution in [0.2, 0.25) is 0 Å². The summed E-state index contributed by atoms with van der Waals surface area (Å²) in [6.45, 7) is 6.08. The summed E-state index contributed by atoms with van der Waals surface area (Å²) in [4.78, 5) is 0. The molecule has 0 aliphatic heterocycles. The zero-order valence-corrected chi connectivity index (χ0v) is 11.8. The minimum absolute atomic E-state index is 0.379. The summed E-state index contributed by atoms with van der Waals surface area (Å²) >= 11 is 0. The SMILES string of the molecule is CCCCCCC(C)OCCCn1ccc(N)n1. The van der Waals surface area contributed by atoms with Crippen LogP contribution >= 0.6 is 0 Å². The Balaban J connectivity index is 1.96. The molecule has 0 radical (unpaired) electrons. The second-order valence-electron chi connectivity index (χ2n) is 4.89. The van der Waals surface area contributed by atoms with Crippen molar-refractivity contribution in [2.45, 2.75) is 65.0 Å². The highest BCUT2D eigenvalue weighted by Gasteiger charge is 2.02. The van der Waals surface area contributed by atoms with Crippen LogP contribution in [0.1, 0.15) is 52.4 Å². The fourth-order valence-electron chi connectivity index (χ4n) is 1.95. The minimum atomic E-state index is 0.379. The largest absolute Gasteiger partial charge is 0.382 e. The molecule has 0 aromatic carbocycles. The highest BCUT2D eigenvalue weighted by atomic mass is 16.5. The van der Waals surface area contributed by atoms with Gasteiger partial charge in [0.1, 0.15) is 5.82 Å². The molecule has 1 unspecified atom stereocenters. The monoisotopic (exact) mass is 253 g/mol. The van der Waals surface area contributed by atoms with Gasteiger partial charge in [-0.25, -0.2) is 0 Å². The fourth-order valence-corrected chi connectivity index (χ4v) is 1.95. The average molecular weight is 253 g/mol. The first-order valence-electron chi connectivity index (χ1n) is 7.13. The number of anilines is 1. The number of hydrogen-bond donors (Lipinski definition) is 1. The first kappa shape index (κ1) is 15.0. The number of rotatable bonds is 10. The van der Waals surface area contributed by atoms with E-state index < -0.39 is 0 Å². The predicted molar refractivity (Wildman–Crippen MR) is 75.4 cm³/mol. The number of aryl methyl sites for hydroxylation is 1. The Bertz CT molecular complexity index is 312. The summed E-state index contributed by atoms with van der Waals surface area (Å²) in [5.41, 5.74) is 5.55. The van der Waals surface area contributed by atoms with Crippen LogP contribution in [-0.4, -0.2) is 22.5 Å². The van der Waals surface area contributed by atoms with E-state index in [4.69, 9.17) is 10.5 Å². The van der Waals surface area contributed by atoms with Crippen molar-refractivity contribution in [1.82, 2.24) is 9.78 Å². The molecule has 0 spiro atoms. The molecule has 1 heterocycles. The minimum Gasteiger partial charge on any atom is -0.382 e. The second kappa shape index (κ2) is 8.97. The predicted octanol–water partition coefficient (Wildman–Crippen LogP) is 3.23. The smallest absolute Gasteiger partial charge is 0.145 e. The maximum Gasteiger partial charge on any atom is 0.145 e. The molecule has 4 nitrogen and oxygen atoms in total. The van der Waals surface area contributed by atoms with E-state index in [0.29, 0.717) is 11.9 Å². The summed E-state index contributed by atoms with van der Waals surface area (Å²) in [7, 11) is 0. The molecule has 4 heteroatoms. The topological polar surface area (TPSA) is 53.1 Å². The lowest BCUT2D eigenvalue weighted by atomic mass is 10.1. The Morgan fingerprint density at radius 2 is 2.17 bits per heavy atom. The van der Waals surface area contributed by atoms with Crippen molar-refractivity contribution in [3.05, 3.63) is 12.3 Å². The van der Waals surface area contributed by atoms with Gasteiger partial charge in [0, 0.05) is 19.3 Å². The van der Waals surface area contributed by atoms with Gasteiger partial charge < -0.3 is 10.5 Å². The molecule has 1 rings (SSSR count). The van der Waals surface area contributed by atoms with Crippen molar-refractivity contribution in [2.24, 2.45) is 0 Å². The molecule has 0 bridgehead atoms. The Labute approximate surface area is 111 Å². The van der Waals surface area contributed by atoms with Gasteiger partial charge in [-0.3, -0.25) is 4.68 Å². The van der Waals surface area contributed by atoms with E-state index in [9.17, 15) is 0 Å². The van der Waals surface area contributed by atoms with Crippen molar-refractivity contribution >= 4 is 5.82 Å². The molecule has 0 saturated heterocycles. The van der Waals surface area contributed by atoms with Crippen molar-refractivity contribution in [2.75, 3.05) is 12.3 Å². The van der Waals surface area contributed by atoms with E-state index in [1.54, 1.807) is 0 Å². The van der Waals surface area contributed by atoms with Gasteiger partial charge >= 0.3 is 0 Å². The highest BCUT2D eigenvalue weighted by Crippen LogP contribution is 2.08. The lowest BCUT2D eigenvalue weighted by Gasteiger charge is -2.12. The van der Waals surface area contributed by atoms with Crippen LogP contribution in [0.15, 0.2) is 12.3 Å². The number of hydrogen-bond acceptors (Lipinski definition) is 3. The first-order chi connectivity index (χ1) is 8.72. The third-order valence-corrected chi connectivity index (χ3v) is 3.06. The number of nitrogen functional groups attached to an aromatic ring is 1. The summed E-state index contributed by atoms with van der Waals surface area (Å²) in [5.74, 6) is 0.584. The molecular formula is C14H27N3O. The van der Waals surface area contributed by atoms with Crippen LogP contribution in [0.5, 0.6) is 0 Å². The van der Waals surface area contributed by atoms with Gasteiger partial charge in [-0.1, -0.05) is 32.6 Å². The number of nitrogens with two attached hydrogens (primary N) is 1. The fraction of sp³-hybridized carbons (Fsp3) is 0.786. The van der Waals surface area contributed by atoms with E-state index in [1.165, 1.54) is 32.1 Å². The zero-order valence-electron chi connectivity index (χ0n) is 11.8. The van der Waals surface area contributed by atoms with Gasteiger partial charge in [0.15, 0.2) is 0 Å². The molecule has 104 valence electrons. The Morgan fingerprint density at radius 1 is 1.33 bits per heavy atom. The van der Waals surface area contributed by atoms with E-state index in [1.807, 2.05) is 16.9 Å². The quantitative estimate of drug-likeness (QED) is 0.651. The van der Waals surface area contributed by atoms with Gasteiger partial charge in [0.05, 0.1) is 6.10 Å². The molecule has 18 heavy (non-hydrogen) atoms. The van der Waals surface area contributed by atoms with Crippen molar-refractivity contribution < 1.29 is 4.74 Å². The molecule has 1 atom stereocenters. The Morgan fingerprint density at radius 3 is 2.83 bits per heavy atom. The van der Waals surface area contributed by atoms with Gasteiger partial charge in [0.25, 0.3) is 0 Å². The van der Waals surface area contributed by atoms with Crippen molar-refractivity contribution in [3.8, 4) is 0 Å². The molecule has 0 saturated carbocycles. The molecule has 0 aliphatic carbocycles. The third kappa shape index (κ3) is 6.64.